The maximum absolute atomic E-state index is 13.1. The van der Waals surface area contributed by atoms with Gasteiger partial charge in [0, 0.05) is 25.7 Å². The lowest BCUT2D eigenvalue weighted by atomic mass is 10.1. The van der Waals surface area contributed by atoms with Gasteiger partial charge >= 0.3 is 39.5 Å². The van der Waals surface area contributed by atoms with Gasteiger partial charge in [0.05, 0.1) is 26.4 Å². The van der Waals surface area contributed by atoms with E-state index < -0.39 is 97.5 Å². The number of rotatable bonds is 72. The number of carbonyl (C=O) groups is 4. The van der Waals surface area contributed by atoms with Crippen LogP contribution in [0.3, 0.4) is 0 Å². The number of phosphoric acid groups is 2. The molecule has 0 aliphatic carbocycles. The smallest absolute Gasteiger partial charge is 0.462 e. The summed E-state index contributed by atoms with van der Waals surface area (Å²) < 4.78 is 68.5. The van der Waals surface area contributed by atoms with Crippen LogP contribution in [0.4, 0.5) is 0 Å². The molecule has 17 nitrogen and oxygen atoms in total. The number of unbranched alkanes of at least 4 members (excludes halogenated alkanes) is 26. The highest BCUT2D eigenvalue weighted by atomic mass is 31.2. The molecule has 0 radical (unpaired) electrons. The minimum atomic E-state index is -4.99. The molecule has 3 N–H and O–H groups in total. The fraction of sp³-hybridized carbons (Fsp3) is 0.704. The summed E-state index contributed by atoms with van der Waals surface area (Å²) >= 11 is 0. The van der Waals surface area contributed by atoms with E-state index in [0.717, 1.165) is 212 Å². The molecule has 0 bridgehead atoms. The van der Waals surface area contributed by atoms with E-state index in [-0.39, 0.29) is 25.7 Å². The second kappa shape index (κ2) is 72.8. The lowest BCUT2D eigenvalue weighted by Gasteiger charge is -2.21. The average Bonchev–Trinajstić information content (AvgIpc) is 0.946. The maximum Gasteiger partial charge on any atom is 0.472 e. The molecule has 0 aromatic carbocycles. The first-order valence-electron chi connectivity index (χ1n) is 38.8. The number of hydrogen-bond acceptors (Lipinski definition) is 15. The highest BCUT2D eigenvalue weighted by molar-refractivity contribution is 7.47. The first-order chi connectivity index (χ1) is 48.7. The van der Waals surface area contributed by atoms with Crippen molar-refractivity contribution in [1.82, 2.24) is 0 Å². The standard InChI is InChI=1S/C81H138O17P2/c1-5-9-13-17-21-25-29-33-35-36-37-38-40-43-46-50-54-58-62-66-79(84)92-72-77(98-81(86)68-64-60-56-52-48-44-39-34-30-26-22-18-14-10-6-2)74-96-100(89,90)94-70-75(82)69-93-99(87,88)95-73-76(97-80(85)67-63-59-55-51-47-42-32-28-24-20-16-12-8-4)71-91-78(83)65-61-57-53-49-45-41-31-27-23-19-15-11-7-3/h9,13,15-16,19-22,25-28,31-35,37-39,75-77,82H,5-8,10-12,14,17-18,23-24,29-30,36,40-74H2,1-4H3,(H,87,88)(H,89,90)/b13-9-,19-15-,20-16-,25-21-,26-22-,31-27-,32-28-,35-33-,38-37-,39-34-. The van der Waals surface area contributed by atoms with Gasteiger partial charge in [0.1, 0.15) is 19.3 Å². The fourth-order valence-corrected chi connectivity index (χ4v) is 11.5. The highest BCUT2D eigenvalue weighted by Crippen LogP contribution is 2.45. The van der Waals surface area contributed by atoms with Crippen LogP contribution in [0.2, 0.25) is 0 Å². The van der Waals surface area contributed by atoms with Crippen LogP contribution in [0.25, 0.3) is 0 Å². The monoisotopic (exact) mass is 1440 g/mol. The van der Waals surface area contributed by atoms with Crippen LogP contribution in [0.1, 0.15) is 310 Å². The van der Waals surface area contributed by atoms with Gasteiger partial charge in [-0.2, -0.15) is 0 Å². The predicted octanol–water partition coefficient (Wildman–Crippen LogP) is 22.3. The minimum Gasteiger partial charge on any atom is -0.462 e. The van der Waals surface area contributed by atoms with Gasteiger partial charge in [-0.05, 0) is 148 Å². The SMILES string of the molecule is CC/C=C\C/C=C\C/C=C\C/C=C\CCCCCCCCC(=O)OCC(COP(=O)(O)OCC(O)COP(=O)(O)OCC(COC(=O)CCCCCCC/C=C\C/C=C\CCC)OC(=O)CCCCCCC/C=C\C/C=C\CCC)OC(=O)CCCCCCC/C=C\C/C=C\CCCCC. The molecule has 0 aromatic rings. The Morgan fingerprint density at radius 3 is 0.840 bits per heavy atom. The third-order valence-electron chi connectivity index (χ3n) is 15.8. The molecule has 0 saturated carbocycles. The third-order valence-corrected chi connectivity index (χ3v) is 17.7. The van der Waals surface area contributed by atoms with Crippen LogP contribution in [0.5, 0.6) is 0 Å². The fourth-order valence-electron chi connectivity index (χ4n) is 9.96. The summed E-state index contributed by atoms with van der Waals surface area (Å²) in [5, 5.41) is 10.6. The summed E-state index contributed by atoms with van der Waals surface area (Å²) in [6, 6.07) is 0. The Bertz CT molecular complexity index is 2370. The van der Waals surface area contributed by atoms with Gasteiger partial charge in [-0.15, -0.1) is 0 Å². The summed E-state index contributed by atoms with van der Waals surface area (Å²) in [5.74, 6) is -2.23. The van der Waals surface area contributed by atoms with Gasteiger partial charge in [-0.25, -0.2) is 9.13 Å². The topological polar surface area (TPSA) is 237 Å². The highest BCUT2D eigenvalue weighted by Gasteiger charge is 2.30. The first-order valence-corrected chi connectivity index (χ1v) is 41.8. The summed E-state index contributed by atoms with van der Waals surface area (Å²) in [6.07, 6.45) is 78.9. The van der Waals surface area contributed by atoms with Crippen molar-refractivity contribution in [2.24, 2.45) is 0 Å². The Hall–Kier alpha value is -4.54. The van der Waals surface area contributed by atoms with E-state index in [1.807, 2.05) is 0 Å². The Kier molecular flexibility index (Phi) is 69.5. The van der Waals surface area contributed by atoms with Gasteiger partial charge < -0.3 is 33.8 Å². The van der Waals surface area contributed by atoms with E-state index in [2.05, 4.69) is 149 Å². The zero-order chi connectivity index (χ0) is 73.2. The third kappa shape index (κ3) is 71.8. The van der Waals surface area contributed by atoms with Crippen molar-refractivity contribution in [2.45, 2.75) is 329 Å². The molecule has 0 aliphatic heterocycles. The van der Waals surface area contributed by atoms with Crippen LogP contribution >= 0.6 is 15.6 Å². The van der Waals surface area contributed by atoms with Crippen molar-refractivity contribution in [2.75, 3.05) is 39.6 Å². The molecule has 0 saturated heterocycles. The molecule has 0 spiro atoms. The van der Waals surface area contributed by atoms with Crippen molar-refractivity contribution in [1.29, 1.82) is 0 Å². The normalized spacial score (nSPS) is 14.6. The molecule has 5 unspecified atom stereocenters. The number of carbonyl (C=O) groups excluding carboxylic acids is 4. The van der Waals surface area contributed by atoms with E-state index in [4.69, 9.17) is 37.0 Å². The molecule has 19 heteroatoms. The quantitative estimate of drug-likeness (QED) is 0.0169. The molecule has 5 atom stereocenters. The van der Waals surface area contributed by atoms with Crippen molar-refractivity contribution in [3.63, 3.8) is 0 Å². The minimum absolute atomic E-state index is 0.0730. The van der Waals surface area contributed by atoms with Crippen LogP contribution in [0, 0.1) is 0 Å². The van der Waals surface area contributed by atoms with Gasteiger partial charge in [0.25, 0.3) is 0 Å². The van der Waals surface area contributed by atoms with Gasteiger partial charge in [0.2, 0.25) is 0 Å². The van der Waals surface area contributed by atoms with Gasteiger partial charge in [0.15, 0.2) is 12.2 Å². The van der Waals surface area contributed by atoms with E-state index in [9.17, 15) is 43.2 Å². The number of allylic oxidation sites excluding steroid dienone is 20. The van der Waals surface area contributed by atoms with E-state index in [1.54, 1.807) is 0 Å². The molecule has 574 valence electrons. The van der Waals surface area contributed by atoms with Crippen LogP contribution in [-0.2, 0) is 65.4 Å². The van der Waals surface area contributed by atoms with Crippen molar-refractivity contribution in [3.8, 4) is 0 Å². The number of esters is 4. The number of hydrogen-bond donors (Lipinski definition) is 3. The summed E-state index contributed by atoms with van der Waals surface area (Å²) in [6.45, 7) is 4.55. The van der Waals surface area contributed by atoms with E-state index in [0.29, 0.717) is 25.7 Å². The van der Waals surface area contributed by atoms with Crippen LogP contribution < -0.4 is 0 Å². The Balaban J connectivity index is 5.38. The molecule has 0 rings (SSSR count). The molecular weight excluding hydrogens is 1310 g/mol. The lowest BCUT2D eigenvalue weighted by Crippen LogP contribution is -2.30. The molecule has 100 heavy (non-hydrogen) atoms. The molecule has 0 amide bonds. The largest absolute Gasteiger partial charge is 0.472 e. The molecule has 0 aliphatic rings. The Morgan fingerprint density at radius 1 is 0.290 bits per heavy atom. The number of phosphoric ester groups is 2. The summed E-state index contributed by atoms with van der Waals surface area (Å²) in [5.41, 5.74) is 0. The molecular formula is C81H138O17P2. The Morgan fingerprint density at radius 2 is 0.540 bits per heavy atom. The molecule has 0 fully saturated rings. The zero-order valence-corrected chi connectivity index (χ0v) is 64.4. The summed E-state index contributed by atoms with van der Waals surface area (Å²) in [4.78, 5) is 72.9. The van der Waals surface area contributed by atoms with Crippen LogP contribution in [-0.4, -0.2) is 96.7 Å². The van der Waals surface area contributed by atoms with Crippen LogP contribution in [0.15, 0.2) is 122 Å². The average molecular weight is 1450 g/mol. The Labute approximate surface area is 606 Å². The van der Waals surface area contributed by atoms with Crippen molar-refractivity contribution in [3.05, 3.63) is 122 Å². The molecule has 0 aromatic heterocycles. The lowest BCUT2D eigenvalue weighted by molar-refractivity contribution is -0.161. The molecule has 0 heterocycles. The summed E-state index contributed by atoms with van der Waals surface area (Å²) in [7, 11) is -9.97. The predicted molar refractivity (Wildman–Crippen MR) is 408 cm³/mol. The van der Waals surface area contributed by atoms with E-state index in [1.165, 1.54) is 19.3 Å². The number of aliphatic hydroxyl groups is 1. The second-order valence-electron chi connectivity index (χ2n) is 25.6. The van der Waals surface area contributed by atoms with Crippen molar-refractivity contribution >= 4 is 39.5 Å². The number of ether oxygens (including phenoxy) is 4. The first kappa shape index (κ1) is 95.5. The number of aliphatic hydroxyl groups excluding tert-OH is 1. The zero-order valence-electron chi connectivity index (χ0n) is 62.6. The maximum atomic E-state index is 13.1. The van der Waals surface area contributed by atoms with Gasteiger partial charge in [-0.1, -0.05) is 258 Å². The van der Waals surface area contributed by atoms with E-state index >= 15 is 0 Å². The van der Waals surface area contributed by atoms with Gasteiger partial charge in [-0.3, -0.25) is 37.3 Å². The van der Waals surface area contributed by atoms with Crippen molar-refractivity contribution < 1.29 is 80.2 Å². The second-order valence-corrected chi connectivity index (χ2v) is 28.5.